The number of unbranched alkanes of at least 4 members (excludes halogenated alkanes) is 3. The van der Waals surface area contributed by atoms with Crippen LogP contribution in [0.3, 0.4) is 0 Å². The zero-order valence-corrected chi connectivity index (χ0v) is 11.2. The number of allylic oxidation sites excluding steroid dienone is 2. The van der Waals surface area contributed by atoms with Crippen LogP contribution in [0.5, 0.6) is 0 Å². The lowest BCUT2D eigenvalue weighted by atomic mass is 10.2. The molecule has 18 heavy (non-hydrogen) atoms. The lowest BCUT2D eigenvalue weighted by molar-refractivity contribution is -0.138. The molecule has 0 heterocycles. The highest BCUT2D eigenvalue weighted by Gasteiger charge is 1.93. The Morgan fingerprint density at radius 3 is 1.56 bits per heavy atom. The predicted octanol–water partition coefficient (Wildman–Crippen LogP) is 2.79. The summed E-state index contributed by atoms with van der Waals surface area (Å²) < 4.78 is 9.50. The Labute approximate surface area is 109 Å². The molecule has 0 aromatic carbocycles. The number of rotatable bonds is 9. The van der Waals surface area contributed by atoms with Gasteiger partial charge >= 0.3 is 11.9 Å². The second kappa shape index (κ2) is 11.9. The molecule has 0 atom stereocenters. The van der Waals surface area contributed by atoms with E-state index >= 15 is 0 Å². The molecule has 0 bridgehead atoms. The number of esters is 2. The van der Waals surface area contributed by atoms with E-state index in [1.807, 2.05) is 12.2 Å². The summed E-state index contributed by atoms with van der Waals surface area (Å²) in [5.41, 5.74) is 0. The highest BCUT2D eigenvalue weighted by atomic mass is 16.5. The molecule has 0 N–H and O–H groups in total. The van der Waals surface area contributed by atoms with E-state index in [1.54, 1.807) is 13.8 Å². The van der Waals surface area contributed by atoms with Gasteiger partial charge in [-0.2, -0.15) is 0 Å². The summed E-state index contributed by atoms with van der Waals surface area (Å²) in [6.07, 6.45) is 10.2. The monoisotopic (exact) mass is 254 g/mol. The summed E-state index contributed by atoms with van der Waals surface area (Å²) >= 11 is 0. The maximum Gasteiger partial charge on any atom is 0.330 e. The first-order valence-corrected chi connectivity index (χ1v) is 6.37. The lowest BCUT2D eigenvalue weighted by Gasteiger charge is -1.96. The lowest BCUT2D eigenvalue weighted by Crippen LogP contribution is -1.98. The van der Waals surface area contributed by atoms with Crippen molar-refractivity contribution in [3.63, 3.8) is 0 Å². The Hall–Kier alpha value is -1.58. The summed E-state index contributed by atoms with van der Waals surface area (Å²) in [5.74, 6) is -0.584. The van der Waals surface area contributed by atoms with Crippen LogP contribution in [-0.2, 0) is 19.1 Å². The van der Waals surface area contributed by atoms with Crippen molar-refractivity contribution >= 4 is 11.9 Å². The molecule has 0 aliphatic heterocycles. The number of hydrogen-bond acceptors (Lipinski definition) is 4. The maximum absolute atomic E-state index is 10.9. The fourth-order valence-electron chi connectivity index (χ4n) is 1.26. The third kappa shape index (κ3) is 10.9. The molecule has 0 radical (unpaired) electrons. The Kier molecular flexibility index (Phi) is 10.8. The van der Waals surface area contributed by atoms with Gasteiger partial charge in [-0.1, -0.05) is 12.2 Å². The van der Waals surface area contributed by atoms with Crippen molar-refractivity contribution in [2.24, 2.45) is 0 Å². The van der Waals surface area contributed by atoms with Gasteiger partial charge in [0.2, 0.25) is 0 Å². The van der Waals surface area contributed by atoms with Gasteiger partial charge < -0.3 is 9.47 Å². The number of ether oxygens (including phenoxy) is 2. The second-order valence-electron chi connectivity index (χ2n) is 3.59. The van der Waals surface area contributed by atoms with E-state index < -0.39 is 0 Å². The first-order chi connectivity index (χ1) is 8.70. The van der Waals surface area contributed by atoms with E-state index in [0.29, 0.717) is 13.2 Å². The molecule has 4 nitrogen and oxygen atoms in total. The normalized spacial score (nSPS) is 11.0. The molecule has 0 aliphatic rings. The molecular weight excluding hydrogens is 232 g/mol. The number of carbonyl (C=O) groups excluding carboxylic acids is 2. The largest absolute Gasteiger partial charge is 0.463 e. The molecule has 0 aromatic rings. The molecular formula is C14H22O4. The van der Waals surface area contributed by atoms with Crippen molar-refractivity contribution < 1.29 is 19.1 Å². The highest BCUT2D eigenvalue weighted by Crippen LogP contribution is 2.02. The minimum absolute atomic E-state index is 0.292. The number of hydrogen-bond donors (Lipinski definition) is 0. The summed E-state index contributed by atoms with van der Waals surface area (Å²) in [4.78, 5) is 21.9. The van der Waals surface area contributed by atoms with Crippen LogP contribution in [0, 0.1) is 0 Å². The molecule has 102 valence electrons. The van der Waals surface area contributed by atoms with Gasteiger partial charge in [-0.25, -0.2) is 9.59 Å². The molecule has 0 spiro atoms. The standard InChI is InChI=1S/C14H22O4/c1-3-17-13(15)11-9-7-5-6-8-10-12-14(16)18-4-2/h9-12H,3-8H2,1-2H3/b11-9-,12-10+. The van der Waals surface area contributed by atoms with Crippen molar-refractivity contribution in [1.29, 1.82) is 0 Å². The molecule has 0 rings (SSSR count). The van der Waals surface area contributed by atoms with Gasteiger partial charge in [-0.05, 0) is 39.5 Å². The van der Waals surface area contributed by atoms with Gasteiger partial charge in [0.05, 0.1) is 13.2 Å². The third-order valence-corrected chi connectivity index (χ3v) is 2.07. The van der Waals surface area contributed by atoms with Gasteiger partial charge in [0.25, 0.3) is 0 Å². The SMILES string of the molecule is CCOC(=O)/C=C\CCCC/C=C/C(=O)OCC. The summed E-state index contributed by atoms with van der Waals surface area (Å²) in [7, 11) is 0. The Morgan fingerprint density at radius 2 is 1.22 bits per heavy atom. The van der Waals surface area contributed by atoms with Crippen LogP contribution in [0.4, 0.5) is 0 Å². The Bertz CT molecular complexity index is 262. The molecule has 0 aromatic heterocycles. The average Bonchev–Trinajstić information content (AvgIpc) is 2.33. The van der Waals surface area contributed by atoms with E-state index in [1.165, 1.54) is 12.2 Å². The molecule has 0 unspecified atom stereocenters. The fraction of sp³-hybridized carbons (Fsp3) is 0.571. The van der Waals surface area contributed by atoms with Crippen LogP contribution in [0.25, 0.3) is 0 Å². The van der Waals surface area contributed by atoms with Crippen molar-refractivity contribution in [3.05, 3.63) is 24.3 Å². The summed E-state index contributed by atoms with van der Waals surface area (Å²) in [6.45, 7) is 4.37. The van der Waals surface area contributed by atoms with Crippen LogP contribution in [0.2, 0.25) is 0 Å². The van der Waals surface area contributed by atoms with Gasteiger partial charge in [0.1, 0.15) is 0 Å². The average molecular weight is 254 g/mol. The van der Waals surface area contributed by atoms with E-state index in [0.717, 1.165) is 25.7 Å². The minimum atomic E-state index is -0.292. The fourth-order valence-corrected chi connectivity index (χ4v) is 1.26. The number of carbonyl (C=O) groups is 2. The topological polar surface area (TPSA) is 52.6 Å². The molecule has 0 fully saturated rings. The zero-order chi connectivity index (χ0) is 13.6. The van der Waals surface area contributed by atoms with Crippen LogP contribution >= 0.6 is 0 Å². The maximum atomic E-state index is 10.9. The first-order valence-electron chi connectivity index (χ1n) is 6.37. The van der Waals surface area contributed by atoms with Crippen molar-refractivity contribution in [3.8, 4) is 0 Å². The van der Waals surface area contributed by atoms with Crippen LogP contribution in [0.1, 0.15) is 39.5 Å². The Morgan fingerprint density at radius 1 is 0.833 bits per heavy atom. The summed E-state index contributed by atoms with van der Waals surface area (Å²) in [5, 5.41) is 0. The zero-order valence-electron chi connectivity index (χ0n) is 11.2. The van der Waals surface area contributed by atoms with Crippen molar-refractivity contribution in [2.45, 2.75) is 39.5 Å². The van der Waals surface area contributed by atoms with Crippen LogP contribution in [0.15, 0.2) is 24.3 Å². The van der Waals surface area contributed by atoms with Gasteiger partial charge in [0, 0.05) is 12.2 Å². The highest BCUT2D eigenvalue weighted by molar-refractivity contribution is 5.82. The minimum Gasteiger partial charge on any atom is -0.463 e. The Balaban J connectivity index is 3.46. The van der Waals surface area contributed by atoms with E-state index in [-0.39, 0.29) is 11.9 Å². The van der Waals surface area contributed by atoms with Crippen molar-refractivity contribution in [1.82, 2.24) is 0 Å². The van der Waals surface area contributed by atoms with Gasteiger partial charge in [0.15, 0.2) is 0 Å². The smallest absolute Gasteiger partial charge is 0.330 e. The quantitative estimate of drug-likeness (QED) is 0.360. The second-order valence-corrected chi connectivity index (χ2v) is 3.59. The van der Waals surface area contributed by atoms with Gasteiger partial charge in [-0.15, -0.1) is 0 Å². The summed E-state index contributed by atoms with van der Waals surface area (Å²) in [6, 6.07) is 0. The van der Waals surface area contributed by atoms with E-state index in [9.17, 15) is 9.59 Å². The first kappa shape index (κ1) is 16.4. The molecule has 0 amide bonds. The third-order valence-electron chi connectivity index (χ3n) is 2.07. The van der Waals surface area contributed by atoms with E-state index in [2.05, 4.69) is 0 Å². The van der Waals surface area contributed by atoms with Crippen molar-refractivity contribution in [2.75, 3.05) is 13.2 Å². The molecule has 0 aliphatic carbocycles. The molecule has 4 heteroatoms. The van der Waals surface area contributed by atoms with E-state index in [4.69, 9.17) is 9.47 Å². The molecule has 0 saturated heterocycles. The van der Waals surface area contributed by atoms with Gasteiger partial charge in [-0.3, -0.25) is 0 Å². The predicted molar refractivity (Wildman–Crippen MR) is 70.0 cm³/mol. The van der Waals surface area contributed by atoms with Crippen LogP contribution in [-0.4, -0.2) is 25.2 Å². The molecule has 0 saturated carbocycles. The van der Waals surface area contributed by atoms with Crippen LogP contribution < -0.4 is 0 Å².